The predicted molar refractivity (Wildman–Crippen MR) is 122 cm³/mol. The molecule has 166 valence electrons. The average Bonchev–Trinajstić information content (AvgIpc) is 3.05. The Morgan fingerprint density at radius 2 is 1.69 bits per heavy atom. The van der Waals surface area contributed by atoms with Crippen LogP contribution in [-0.2, 0) is 12.5 Å². The van der Waals surface area contributed by atoms with Crippen LogP contribution >= 0.6 is 0 Å². The van der Waals surface area contributed by atoms with E-state index in [1.165, 1.54) is 29.8 Å². The number of aromatic nitrogens is 2. The molecule has 0 aliphatic heterocycles. The Labute approximate surface area is 186 Å². The number of aromatic hydroxyl groups is 1. The monoisotopic (exact) mass is 434 g/mol. The fourth-order valence-corrected chi connectivity index (χ4v) is 3.25. The molecule has 8 nitrogen and oxygen atoms in total. The Kier molecular flexibility index (Phi) is 6.16. The lowest BCUT2D eigenvalue weighted by molar-refractivity contribution is 0.0697. The van der Waals surface area contributed by atoms with E-state index in [-0.39, 0.29) is 28.0 Å². The van der Waals surface area contributed by atoms with Crippen LogP contribution in [0.25, 0.3) is 11.3 Å². The first-order valence-electron chi connectivity index (χ1n) is 10.0. The number of rotatable bonds is 5. The zero-order valence-corrected chi connectivity index (χ0v) is 18.7. The summed E-state index contributed by atoms with van der Waals surface area (Å²) in [5.74, 6) is -1.74. The van der Waals surface area contributed by atoms with Crippen LogP contribution < -0.4 is 5.43 Å². The summed E-state index contributed by atoms with van der Waals surface area (Å²) in [6.45, 7) is 8.01. The number of benzene rings is 2. The summed E-state index contributed by atoms with van der Waals surface area (Å²) < 4.78 is 1.56. The van der Waals surface area contributed by atoms with Crippen LogP contribution in [-0.4, -0.2) is 37.6 Å². The van der Waals surface area contributed by atoms with E-state index in [1.54, 1.807) is 18.7 Å². The molecule has 0 spiro atoms. The Hall–Kier alpha value is -3.94. The van der Waals surface area contributed by atoms with Gasteiger partial charge in [0.25, 0.3) is 5.91 Å². The van der Waals surface area contributed by atoms with Gasteiger partial charge in [0, 0.05) is 18.2 Å². The maximum absolute atomic E-state index is 12.3. The molecule has 0 saturated heterocycles. The van der Waals surface area contributed by atoms with Gasteiger partial charge in [-0.25, -0.2) is 10.2 Å². The number of hydrogen-bond donors (Lipinski definition) is 3. The maximum atomic E-state index is 12.3. The number of carbonyl (C=O) groups is 2. The lowest BCUT2D eigenvalue weighted by atomic mass is 9.86. The van der Waals surface area contributed by atoms with Gasteiger partial charge in [-0.2, -0.15) is 10.2 Å². The van der Waals surface area contributed by atoms with E-state index >= 15 is 0 Å². The number of aryl methyl sites for hydroxylation is 1. The van der Waals surface area contributed by atoms with Gasteiger partial charge >= 0.3 is 5.97 Å². The summed E-state index contributed by atoms with van der Waals surface area (Å²) >= 11 is 0. The van der Waals surface area contributed by atoms with Gasteiger partial charge in [-0.05, 0) is 36.1 Å². The number of hydrogen-bond acceptors (Lipinski definition) is 5. The molecule has 3 rings (SSSR count). The van der Waals surface area contributed by atoms with E-state index in [0.29, 0.717) is 11.4 Å². The molecule has 0 bridgehead atoms. The number of hydrazone groups is 1. The molecule has 0 saturated carbocycles. The summed E-state index contributed by atoms with van der Waals surface area (Å²) in [5, 5.41) is 28.3. The predicted octanol–water partition coefficient (Wildman–Crippen LogP) is 3.94. The van der Waals surface area contributed by atoms with Crippen molar-refractivity contribution in [1.29, 1.82) is 0 Å². The average molecular weight is 434 g/mol. The highest BCUT2D eigenvalue weighted by Gasteiger charge is 2.20. The normalized spacial score (nSPS) is 12.0. The third kappa shape index (κ3) is 4.69. The number of carboxylic acids is 1. The summed E-state index contributed by atoms with van der Waals surface area (Å²) in [7, 11) is 1.72. The van der Waals surface area contributed by atoms with Crippen LogP contribution in [0.4, 0.5) is 0 Å². The highest BCUT2D eigenvalue weighted by Crippen LogP contribution is 2.33. The minimum atomic E-state index is -1.12. The van der Waals surface area contributed by atoms with Crippen molar-refractivity contribution in [3.05, 3.63) is 70.9 Å². The second kappa shape index (κ2) is 8.66. The van der Waals surface area contributed by atoms with Crippen LogP contribution in [0.3, 0.4) is 0 Å². The minimum absolute atomic E-state index is 0.00263. The van der Waals surface area contributed by atoms with Crippen molar-refractivity contribution in [2.75, 3.05) is 0 Å². The van der Waals surface area contributed by atoms with E-state index in [4.69, 9.17) is 5.11 Å². The molecule has 0 aliphatic rings. The fourth-order valence-electron chi connectivity index (χ4n) is 3.25. The molecule has 32 heavy (non-hydrogen) atoms. The number of aromatic carboxylic acids is 1. The summed E-state index contributed by atoms with van der Waals surface area (Å²) in [6, 6.07) is 13.5. The first kappa shape index (κ1) is 22.7. The van der Waals surface area contributed by atoms with Crippen molar-refractivity contribution in [2.45, 2.75) is 33.1 Å². The molecule has 0 unspecified atom stereocenters. The smallest absolute Gasteiger partial charge is 0.335 e. The standard InChI is InChI=1S/C24H26N4O4/c1-14(25-26-22(30)16-7-6-8-17(13-16)23(31)32)19-21(29)20(28(5)27-19)15-9-11-18(12-10-15)24(2,3)4/h6-13,29H,1-5H3,(H,26,30)(H,31,32)/b25-14-. The van der Waals surface area contributed by atoms with Crippen LogP contribution in [0, 0.1) is 0 Å². The van der Waals surface area contributed by atoms with Gasteiger partial charge in [0.1, 0.15) is 5.69 Å². The summed E-state index contributed by atoms with van der Waals surface area (Å²) in [4.78, 5) is 23.4. The summed E-state index contributed by atoms with van der Waals surface area (Å²) in [6.07, 6.45) is 0. The molecule has 0 radical (unpaired) electrons. The van der Waals surface area contributed by atoms with Crippen molar-refractivity contribution < 1.29 is 19.8 Å². The number of nitrogens with zero attached hydrogens (tertiary/aromatic N) is 3. The van der Waals surface area contributed by atoms with Crippen molar-refractivity contribution in [1.82, 2.24) is 15.2 Å². The summed E-state index contributed by atoms with van der Waals surface area (Å²) in [5.41, 5.74) is 5.62. The van der Waals surface area contributed by atoms with Crippen LogP contribution in [0.15, 0.2) is 53.6 Å². The van der Waals surface area contributed by atoms with Crippen LogP contribution in [0.2, 0.25) is 0 Å². The topological polar surface area (TPSA) is 117 Å². The Balaban J connectivity index is 1.84. The van der Waals surface area contributed by atoms with E-state index < -0.39 is 11.9 Å². The molecule has 1 amide bonds. The molecule has 1 aromatic heterocycles. The largest absolute Gasteiger partial charge is 0.504 e. The van der Waals surface area contributed by atoms with Gasteiger partial charge in [0.05, 0.1) is 11.3 Å². The molecule has 3 N–H and O–H groups in total. The van der Waals surface area contributed by atoms with Crippen molar-refractivity contribution in [3.63, 3.8) is 0 Å². The van der Waals surface area contributed by atoms with Gasteiger partial charge < -0.3 is 10.2 Å². The van der Waals surface area contributed by atoms with Crippen LogP contribution in [0.1, 0.15) is 59.7 Å². The highest BCUT2D eigenvalue weighted by molar-refractivity contribution is 6.03. The van der Waals surface area contributed by atoms with Crippen molar-refractivity contribution in [2.24, 2.45) is 12.1 Å². The van der Waals surface area contributed by atoms with E-state index in [9.17, 15) is 14.7 Å². The molecule has 0 aliphatic carbocycles. The Morgan fingerprint density at radius 1 is 1.06 bits per heavy atom. The Bertz CT molecular complexity index is 1200. The van der Waals surface area contributed by atoms with Gasteiger partial charge in [-0.1, -0.05) is 51.1 Å². The first-order chi connectivity index (χ1) is 15.0. The lowest BCUT2D eigenvalue weighted by Gasteiger charge is -2.19. The minimum Gasteiger partial charge on any atom is -0.504 e. The molecule has 2 aromatic carbocycles. The number of carbonyl (C=O) groups excluding carboxylic acids is 1. The van der Waals surface area contributed by atoms with Crippen LogP contribution in [0.5, 0.6) is 5.75 Å². The number of carboxylic acid groups (broad SMARTS) is 1. The van der Waals surface area contributed by atoms with Crippen molar-refractivity contribution in [3.8, 4) is 17.0 Å². The van der Waals surface area contributed by atoms with E-state index in [2.05, 4.69) is 36.4 Å². The maximum Gasteiger partial charge on any atom is 0.335 e. The zero-order valence-electron chi connectivity index (χ0n) is 18.7. The van der Waals surface area contributed by atoms with Gasteiger partial charge in [-0.15, -0.1) is 0 Å². The fraction of sp³-hybridized carbons (Fsp3) is 0.250. The van der Waals surface area contributed by atoms with Gasteiger partial charge in [0.15, 0.2) is 11.4 Å². The van der Waals surface area contributed by atoms with Gasteiger partial charge in [-0.3, -0.25) is 9.48 Å². The quantitative estimate of drug-likeness (QED) is 0.415. The first-order valence-corrected chi connectivity index (χ1v) is 10.0. The molecular formula is C24H26N4O4. The van der Waals surface area contributed by atoms with Crippen molar-refractivity contribution >= 4 is 17.6 Å². The molecule has 3 aromatic rings. The highest BCUT2D eigenvalue weighted by atomic mass is 16.4. The number of nitrogens with one attached hydrogen (secondary N) is 1. The molecular weight excluding hydrogens is 408 g/mol. The lowest BCUT2D eigenvalue weighted by Crippen LogP contribution is -2.20. The number of amides is 1. The molecule has 1 heterocycles. The SMILES string of the molecule is C/C(=N/NC(=O)c1cccc(C(=O)O)c1)c1nn(C)c(-c2ccc(C(C)(C)C)cc2)c1O. The molecule has 8 heteroatoms. The zero-order chi connectivity index (χ0) is 23.6. The molecule has 0 fully saturated rings. The third-order valence-corrected chi connectivity index (χ3v) is 5.09. The van der Waals surface area contributed by atoms with E-state index in [0.717, 1.165) is 5.56 Å². The Morgan fingerprint density at radius 3 is 2.28 bits per heavy atom. The molecule has 0 atom stereocenters. The second-order valence-corrected chi connectivity index (χ2v) is 8.52. The van der Waals surface area contributed by atoms with E-state index in [1.807, 2.05) is 24.3 Å². The third-order valence-electron chi connectivity index (χ3n) is 5.09. The van der Waals surface area contributed by atoms with Gasteiger partial charge in [0.2, 0.25) is 0 Å². The second-order valence-electron chi connectivity index (χ2n) is 8.52.